The minimum absolute atomic E-state index is 0.0507. The summed E-state index contributed by atoms with van der Waals surface area (Å²) >= 11 is 3.45. The Morgan fingerprint density at radius 2 is 0.950 bits per heavy atom. The zero-order valence-corrected chi connectivity index (χ0v) is 26.0. The van der Waals surface area contributed by atoms with Crippen LogP contribution in [0.15, 0.2) is 21.6 Å². The Hall–Kier alpha value is -0.920. The normalized spacial score (nSPS) is 23.1. The van der Waals surface area contributed by atoms with Gasteiger partial charge in [0, 0.05) is 32.9 Å². The third-order valence-electron chi connectivity index (χ3n) is 5.81. The average molecular weight is 650 g/mol. The van der Waals surface area contributed by atoms with E-state index < -0.39 is 23.8 Å². The summed E-state index contributed by atoms with van der Waals surface area (Å²) in [6, 6.07) is 0. The molecule has 1 rings (SSSR count). The lowest BCUT2D eigenvalue weighted by Crippen LogP contribution is -2.59. The van der Waals surface area contributed by atoms with Crippen molar-refractivity contribution in [2.45, 2.75) is 30.7 Å². The lowest BCUT2D eigenvalue weighted by molar-refractivity contribution is -0.271. The summed E-state index contributed by atoms with van der Waals surface area (Å²) in [7, 11) is 8.72. The summed E-state index contributed by atoms with van der Waals surface area (Å²) in [6.07, 6.45) is -2.78. The molecule has 1 aliphatic carbocycles. The van der Waals surface area contributed by atoms with Gasteiger partial charge in [-0.25, -0.2) is 0 Å². The van der Waals surface area contributed by atoms with Gasteiger partial charge in [0.25, 0.3) is 0 Å². The number of hydrogen-bond donors (Lipinski definition) is 2. The quantitative estimate of drug-likeness (QED) is 0.113. The van der Waals surface area contributed by atoms with E-state index in [-0.39, 0.29) is 74.8 Å². The molecule has 0 radical (unpaired) electrons. The highest BCUT2D eigenvalue weighted by Crippen LogP contribution is 2.50. The standard InChI is InChI=1S/C25H45BrO14/c1-18-19(26)25(28,23(38-15-11-32-5)40-17-36-13-9-30-3)21(34-7)20(33-6)24(18,27)22(37-14-10-31-4)39-16-35-12-8-29-2/h22-23,27-28H,8-17H2,1-7H3. The lowest BCUT2D eigenvalue weighted by atomic mass is 9.78. The second kappa shape index (κ2) is 20.1. The van der Waals surface area contributed by atoms with Gasteiger partial charge in [-0.3, -0.25) is 0 Å². The van der Waals surface area contributed by atoms with Crippen LogP contribution in [0.1, 0.15) is 6.92 Å². The average Bonchev–Trinajstić information content (AvgIpc) is 2.95. The van der Waals surface area contributed by atoms with Crippen molar-refractivity contribution in [2.75, 3.05) is 109 Å². The molecule has 0 aliphatic heterocycles. The van der Waals surface area contributed by atoms with Crippen molar-refractivity contribution in [3.63, 3.8) is 0 Å². The molecule has 0 bridgehead atoms. The molecule has 0 aromatic heterocycles. The summed E-state index contributed by atoms with van der Waals surface area (Å²) < 4.78 is 65.6. The zero-order chi connectivity index (χ0) is 30.0. The van der Waals surface area contributed by atoms with Gasteiger partial charge >= 0.3 is 0 Å². The molecule has 1 aliphatic rings. The highest BCUT2D eigenvalue weighted by atomic mass is 79.9. The van der Waals surface area contributed by atoms with Crippen LogP contribution in [0.2, 0.25) is 0 Å². The molecule has 2 N–H and O–H groups in total. The fourth-order valence-corrected chi connectivity index (χ4v) is 4.41. The molecule has 0 fully saturated rings. The van der Waals surface area contributed by atoms with Gasteiger partial charge in [0.15, 0.2) is 17.1 Å². The minimum Gasteiger partial charge on any atom is -0.494 e. The fraction of sp³-hybridized carbons (Fsp3) is 0.840. The highest BCUT2D eigenvalue weighted by Gasteiger charge is 2.61. The van der Waals surface area contributed by atoms with E-state index in [1.165, 1.54) is 28.4 Å². The molecule has 0 heterocycles. The number of methoxy groups -OCH3 is 6. The van der Waals surface area contributed by atoms with Crippen molar-refractivity contribution in [1.82, 2.24) is 0 Å². The van der Waals surface area contributed by atoms with Crippen molar-refractivity contribution < 1.29 is 67.1 Å². The van der Waals surface area contributed by atoms with Crippen LogP contribution >= 0.6 is 15.9 Å². The maximum absolute atomic E-state index is 12.2. The molecule has 0 aromatic carbocycles. The molecule has 0 amide bonds. The Morgan fingerprint density at radius 1 is 0.575 bits per heavy atom. The molecule has 14 nitrogen and oxygen atoms in total. The van der Waals surface area contributed by atoms with Crippen LogP contribution in [0, 0.1) is 0 Å². The molecule has 15 heteroatoms. The van der Waals surface area contributed by atoms with E-state index >= 15 is 0 Å². The number of ether oxygens (including phenoxy) is 12. The molecular weight excluding hydrogens is 604 g/mol. The largest absolute Gasteiger partial charge is 0.494 e. The zero-order valence-electron chi connectivity index (χ0n) is 24.4. The molecule has 0 aromatic rings. The van der Waals surface area contributed by atoms with Crippen LogP contribution in [-0.4, -0.2) is 143 Å². The number of aliphatic hydroxyl groups is 2. The van der Waals surface area contributed by atoms with E-state index in [0.29, 0.717) is 13.2 Å². The first kappa shape index (κ1) is 37.1. The van der Waals surface area contributed by atoms with Crippen molar-refractivity contribution in [2.24, 2.45) is 0 Å². The molecule has 0 saturated carbocycles. The molecule has 0 saturated heterocycles. The van der Waals surface area contributed by atoms with Gasteiger partial charge in [-0.05, 0) is 12.5 Å². The molecule has 0 spiro atoms. The monoisotopic (exact) mass is 648 g/mol. The molecule has 4 unspecified atom stereocenters. The second-order valence-corrected chi connectivity index (χ2v) is 9.09. The maximum atomic E-state index is 12.2. The molecule has 4 atom stereocenters. The van der Waals surface area contributed by atoms with E-state index in [1.807, 2.05) is 0 Å². The Morgan fingerprint density at radius 3 is 1.35 bits per heavy atom. The predicted molar refractivity (Wildman–Crippen MR) is 143 cm³/mol. The van der Waals surface area contributed by atoms with E-state index in [4.69, 9.17) is 56.8 Å². The predicted octanol–water partition coefficient (Wildman–Crippen LogP) is 0.888. The first-order valence-electron chi connectivity index (χ1n) is 12.5. The second-order valence-electron chi connectivity index (χ2n) is 8.30. The fourth-order valence-electron chi connectivity index (χ4n) is 3.74. The Kier molecular flexibility index (Phi) is 18.6. The van der Waals surface area contributed by atoms with Gasteiger partial charge in [-0.15, -0.1) is 0 Å². The van der Waals surface area contributed by atoms with Crippen LogP contribution in [-0.2, 0) is 56.8 Å². The molecule has 236 valence electrons. The third kappa shape index (κ3) is 9.55. The van der Waals surface area contributed by atoms with Crippen molar-refractivity contribution >= 4 is 15.9 Å². The van der Waals surface area contributed by atoms with Crippen LogP contribution in [0.4, 0.5) is 0 Å². The number of rotatable bonds is 24. The Bertz CT molecular complexity index is 706. The Balaban J connectivity index is 3.53. The van der Waals surface area contributed by atoms with Gasteiger partial charge in [0.05, 0.1) is 67.1 Å². The maximum Gasteiger partial charge on any atom is 0.208 e. The van der Waals surface area contributed by atoms with Crippen molar-refractivity contribution in [3.8, 4) is 0 Å². The van der Waals surface area contributed by atoms with Crippen molar-refractivity contribution in [1.29, 1.82) is 0 Å². The van der Waals surface area contributed by atoms with E-state index in [0.717, 1.165) is 0 Å². The minimum atomic E-state index is -2.14. The summed E-state index contributed by atoms with van der Waals surface area (Å²) in [5.74, 6) is -0.430. The van der Waals surface area contributed by atoms with Gasteiger partial charge in [-0.1, -0.05) is 15.9 Å². The van der Waals surface area contributed by atoms with Crippen LogP contribution in [0.25, 0.3) is 0 Å². The van der Waals surface area contributed by atoms with Gasteiger partial charge in [-0.2, -0.15) is 0 Å². The summed E-state index contributed by atoms with van der Waals surface area (Å²) in [6.45, 7) is 2.77. The molecular formula is C25H45BrO14. The van der Waals surface area contributed by atoms with Gasteiger partial charge in [0.1, 0.15) is 13.6 Å². The third-order valence-corrected chi connectivity index (χ3v) is 7.01. The topological polar surface area (TPSA) is 151 Å². The molecule has 40 heavy (non-hydrogen) atoms. The van der Waals surface area contributed by atoms with Crippen molar-refractivity contribution in [3.05, 3.63) is 21.6 Å². The lowest BCUT2D eigenvalue weighted by Gasteiger charge is -2.47. The van der Waals surface area contributed by atoms with Gasteiger partial charge < -0.3 is 67.1 Å². The van der Waals surface area contributed by atoms with Crippen LogP contribution in [0.5, 0.6) is 0 Å². The van der Waals surface area contributed by atoms with Crippen LogP contribution in [0.3, 0.4) is 0 Å². The first-order chi connectivity index (χ1) is 19.2. The summed E-state index contributed by atoms with van der Waals surface area (Å²) in [5.41, 5.74) is -4.08. The number of halogens is 1. The first-order valence-corrected chi connectivity index (χ1v) is 13.3. The highest BCUT2D eigenvalue weighted by molar-refractivity contribution is 9.11. The number of hydrogen-bond acceptors (Lipinski definition) is 14. The smallest absolute Gasteiger partial charge is 0.208 e. The van der Waals surface area contributed by atoms with E-state index in [2.05, 4.69) is 15.9 Å². The summed E-state index contributed by atoms with van der Waals surface area (Å²) in [4.78, 5) is 0. The van der Waals surface area contributed by atoms with Gasteiger partial charge in [0.2, 0.25) is 18.2 Å². The van der Waals surface area contributed by atoms with E-state index in [9.17, 15) is 10.2 Å². The van der Waals surface area contributed by atoms with E-state index in [1.54, 1.807) is 21.1 Å². The Labute approximate surface area is 244 Å². The summed E-state index contributed by atoms with van der Waals surface area (Å²) in [5, 5.41) is 24.3. The SMILES string of the molecule is COCCOCOC(OCCOC)C1(O)C(C)=C(Br)C(O)(C(OCCOC)OCOCCOC)C(OC)=C1OC. The van der Waals surface area contributed by atoms with Crippen LogP contribution < -0.4 is 0 Å².